The van der Waals surface area contributed by atoms with Gasteiger partial charge < -0.3 is 14.6 Å². The summed E-state index contributed by atoms with van der Waals surface area (Å²) >= 11 is 3.26. The van der Waals surface area contributed by atoms with Crippen molar-refractivity contribution in [2.75, 3.05) is 13.1 Å². The van der Waals surface area contributed by atoms with Gasteiger partial charge in [-0.25, -0.2) is 0 Å². The summed E-state index contributed by atoms with van der Waals surface area (Å²) in [4.78, 5) is 14.6. The molecule has 2 saturated heterocycles. The minimum atomic E-state index is 0.0316. The van der Waals surface area contributed by atoms with Crippen molar-refractivity contribution in [3.63, 3.8) is 0 Å². The molecule has 1 aromatic heterocycles. The predicted molar refractivity (Wildman–Crippen MR) is 76.1 cm³/mol. The first kappa shape index (κ1) is 13.2. The second kappa shape index (κ2) is 5.67. The Bertz CT molecular complexity index is 454. The Morgan fingerprint density at radius 1 is 1.32 bits per heavy atom. The first-order chi connectivity index (χ1) is 9.25. The van der Waals surface area contributed by atoms with Gasteiger partial charge in [0.2, 0.25) is 0 Å². The van der Waals surface area contributed by atoms with Gasteiger partial charge in [-0.2, -0.15) is 0 Å². The van der Waals surface area contributed by atoms with Gasteiger partial charge in [0.25, 0.3) is 5.91 Å². The van der Waals surface area contributed by atoms with Crippen molar-refractivity contribution in [1.29, 1.82) is 0 Å². The molecule has 0 aliphatic carbocycles. The number of hydrogen-bond donors (Lipinski definition) is 1. The zero-order valence-corrected chi connectivity index (χ0v) is 12.5. The number of likely N-dealkylation sites (tertiary alicyclic amines) is 1. The zero-order chi connectivity index (χ0) is 13.2. The van der Waals surface area contributed by atoms with E-state index in [1.54, 1.807) is 12.1 Å². The molecule has 0 bridgehead atoms. The van der Waals surface area contributed by atoms with E-state index in [4.69, 9.17) is 4.42 Å². The smallest absolute Gasteiger partial charge is 0.289 e. The lowest BCUT2D eigenvalue weighted by Gasteiger charge is -2.38. The van der Waals surface area contributed by atoms with Crippen LogP contribution in [0.2, 0.25) is 0 Å². The van der Waals surface area contributed by atoms with Crippen LogP contribution in [0.1, 0.15) is 42.7 Å². The van der Waals surface area contributed by atoms with Gasteiger partial charge in [-0.1, -0.05) is 0 Å². The van der Waals surface area contributed by atoms with Crippen molar-refractivity contribution in [1.82, 2.24) is 10.2 Å². The minimum absolute atomic E-state index is 0.0316. The van der Waals surface area contributed by atoms with Gasteiger partial charge >= 0.3 is 0 Å². The monoisotopic (exact) mass is 326 g/mol. The summed E-state index contributed by atoms with van der Waals surface area (Å²) in [5, 5.41) is 3.53. The van der Waals surface area contributed by atoms with Crippen LogP contribution in [0, 0.1) is 0 Å². The zero-order valence-electron chi connectivity index (χ0n) is 10.9. The summed E-state index contributed by atoms with van der Waals surface area (Å²) < 4.78 is 6.03. The molecule has 0 saturated carbocycles. The molecule has 2 fully saturated rings. The minimum Gasteiger partial charge on any atom is -0.444 e. The summed E-state index contributed by atoms with van der Waals surface area (Å²) in [7, 11) is 0. The number of carbonyl (C=O) groups is 1. The van der Waals surface area contributed by atoms with Crippen LogP contribution in [0.3, 0.4) is 0 Å². The van der Waals surface area contributed by atoms with E-state index in [9.17, 15) is 4.79 Å². The molecule has 3 rings (SSSR count). The topological polar surface area (TPSA) is 45.5 Å². The molecule has 2 aliphatic rings. The van der Waals surface area contributed by atoms with E-state index < -0.39 is 0 Å². The van der Waals surface area contributed by atoms with Crippen molar-refractivity contribution < 1.29 is 9.21 Å². The Morgan fingerprint density at radius 2 is 2.21 bits per heavy atom. The van der Waals surface area contributed by atoms with E-state index in [1.807, 2.05) is 4.90 Å². The van der Waals surface area contributed by atoms with Crippen molar-refractivity contribution in [3.8, 4) is 0 Å². The number of nitrogens with zero attached hydrogens (tertiary/aromatic N) is 1. The van der Waals surface area contributed by atoms with Crippen LogP contribution >= 0.6 is 15.9 Å². The number of furan rings is 1. The number of halogens is 1. The summed E-state index contributed by atoms with van der Waals surface area (Å²) in [5.41, 5.74) is 0. The average molecular weight is 327 g/mol. The lowest BCUT2D eigenvalue weighted by molar-refractivity contribution is 0.0530. The molecule has 0 spiro atoms. The van der Waals surface area contributed by atoms with Crippen molar-refractivity contribution in [2.45, 2.75) is 44.2 Å². The highest BCUT2D eigenvalue weighted by molar-refractivity contribution is 9.10. The molecule has 3 heterocycles. The maximum Gasteiger partial charge on any atom is 0.289 e. The molecule has 1 amide bonds. The second-order valence-electron chi connectivity index (χ2n) is 5.37. The number of hydrogen-bond acceptors (Lipinski definition) is 3. The average Bonchev–Trinajstić information content (AvgIpc) is 3.09. The quantitative estimate of drug-likeness (QED) is 0.908. The van der Waals surface area contributed by atoms with Gasteiger partial charge in [-0.15, -0.1) is 0 Å². The third-order valence-corrected chi connectivity index (χ3v) is 4.58. The molecule has 104 valence electrons. The Kier molecular flexibility index (Phi) is 3.93. The molecule has 5 heteroatoms. The molecule has 2 atom stereocenters. The molecular formula is C14H19BrN2O2. The molecular weight excluding hydrogens is 308 g/mol. The van der Waals surface area contributed by atoms with Crippen LogP contribution < -0.4 is 5.32 Å². The van der Waals surface area contributed by atoms with Crippen LogP contribution in [0.5, 0.6) is 0 Å². The maximum atomic E-state index is 12.6. The Morgan fingerprint density at radius 3 is 2.89 bits per heavy atom. The molecule has 0 aromatic carbocycles. The normalized spacial score (nSPS) is 27.7. The first-order valence-corrected chi connectivity index (χ1v) is 7.85. The van der Waals surface area contributed by atoms with Crippen LogP contribution in [-0.4, -0.2) is 36.0 Å². The lowest BCUT2D eigenvalue weighted by Crippen LogP contribution is -2.52. The number of carbonyl (C=O) groups excluding carboxylic acids is 1. The second-order valence-corrected chi connectivity index (χ2v) is 6.15. The molecule has 19 heavy (non-hydrogen) atoms. The Labute approximate surface area is 121 Å². The maximum absolute atomic E-state index is 12.6. The van der Waals surface area contributed by atoms with E-state index in [-0.39, 0.29) is 5.91 Å². The number of nitrogens with one attached hydrogen (secondary N) is 1. The lowest BCUT2D eigenvalue weighted by atomic mass is 9.94. The molecule has 0 radical (unpaired) electrons. The third kappa shape index (κ3) is 2.72. The molecule has 1 N–H and O–H groups in total. The van der Waals surface area contributed by atoms with Gasteiger partial charge in [0.1, 0.15) is 0 Å². The fraction of sp³-hybridized carbons (Fsp3) is 0.643. The largest absolute Gasteiger partial charge is 0.444 e. The number of amides is 1. The van der Waals surface area contributed by atoms with Gasteiger partial charge in [0, 0.05) is 18.6 Å². The highest BCUT2D eigenvalue weighted by atomic mass is 79.9. The highest BCUT2D eigenvalue weighted by Gasteiger charge is 2.35. The summed E-state index contributed by atoms with van der Waals surface area (Å²) in [6.45, 7) is 1.93. The summed E-state index contributed by atoms with van der Waals surface area (Å²) in [5.74, 6) is 0.473. The fourth-order valence-electron chi connectivity index (χ4n) is 3.24. The molecule has 1 aromatic rings. The SMILES string of the molecule is O=C(c1ccc(Br)o1)N1CCCCC1C1CCCN1. The van der Waals surface area contributed by atoms with Gasteiger partial charge in [-0.05, 0) is 66.7 Å². The number of piperidine rings is 1. The fourth-order valence-corrected chi connectivity index (χ4v) is 3.55. The van der Waals surface area contributed by atoms with Crippen molar-refractivity contribution in [2.24, 2.45) is 0 Å². The third-order valence-electron chi connectivity index (χ3n) is 4.16. The predicted octanol–water partition coefficient (Wildman–Crippen LogP) is 2.79. The number of rotatable bonds is 2. The van der Waals surface area contributed by atoms with Crippen LogP contribution in [0.4, 0.5) is 0 Å². The van der Waals surface area contributed by atoms with E-state index in [2.05, 4.69) is 21.2 Å². The van der Waals surface area contributed by atoms with E-state index in [0.717, 1.165) is 25.9 Å². The van der Waals surface area contributed by atoms with Crippen LogP contribution in [0.15, 0.2) is 21.2 Å². The molecule has 2 unspecified atom stereocenters. The van der Waals surface area contributed by atoms with E-state index in [0.29, 0.717) is 22.5 Å². The molecule has 4 nitrogen and oxygen atoms in total. The summed E-state index contributed by atoms with van der Waals surface area (Å²) in [6, 6.07) is 4.32. The van der Waals surface area contributed by atoms with Crippen molar-refractivity contribution >= 4 is 21.8 Å². The van der Waals surface area contributed by atoms with E-state index in [1.165, 1.54) is 19.3 Å². The first-order valence-electron chi connectivity index (χ1n) is 7.05. The Balaban J connectivity index is 1.77. The van der Waals surface area contributed by atoms with Gasteiger partial charge in [0.05, 0.1) is 0 Å². The van der Waals surface area contributed by atoms with Gasteiger partial charge in [-0.3, -0.25) is 4.79 Å². The highest BCUT2D eigenvalue weighted by Crippen LogP contribution is 2.26. The summed E-state index contributed by atoms with van der Waals surface area (Å²) in [6.07, 6.45) is 5.81. The Hall–Kier alpha value is -0.810. The van der Waals surface area contributed by atoms with Crippen LogP contribution in [0.25, 0.3) is 0 Å². The van der Waals surface area contributed by atoms with Gasteiger partial charge in [0.15, 0.2) is 10.4 Å². The molecule has 2 aliphatic heterocycles. The van der Waals surface area contributed by atoms with Crippen molar-refractivity contribution in [3.05, 3.63) is 22.6 Å². The standard InChI is InChI=1S/C14H19BrN2O2/c15-13-7-6-12(19-13)14(18)17-9-2-1-5-11(17)10-4-3-8-16-10/h6-7,10-11,16H,1-5,8-9H2. The van der Waals surface area contributed by atoms with E-state index >= 15 is 0 Å². The van der Waals surface area contributed by atoms with Crippen LogP contribution in [-0.2, 0) is 0 Å².